The van der Waals surface area contributed by atoms with E-state index in [4.69, 9.17) is 9.47 Å². The Balaban J connectivity index is 1.86. The lowest BCUT2D eigenvalue weighted by atomic mass is 9.79. The molecule has 0 radical (unpaired) electrons. The number of carboxylic acid groups (broad SMARTS) is 1. The van der Waals surface area contributed by atoms with E-state index in [0.717, 1.165) is 23.3 Å². The SMILES string of the molecule is COc1ccc(C[C@H]2CO[C@H](c3ccc(F)cc3)[C@@H]2CC(C)=C(C)C(=O)O)cc1. The van der Waals surface area contributed by atoms with Crippen LogP contribution >= 0.6 is 0 Å². The minimum atomic E-state index is -0.897. The van der Waals surface area contributed by atoms with Crippen LogP contribution in [0.15, 0.2) is 59.7 Å². The number of benzene rings is 2. The predicted molar refractivity (Wildman–Crippen MR) is 109 cm³/mol. The van der Waals surface area contributed by atoms with E-state index in [2.05, 4.69) is 0 Å². The van der Waals surface area contributed by atoms with Crippen molar-refractivity contribution in [3.05, 3.63) is 76.6 Å². The van der Waals surface area contributed by atoms with Gasteiger partial charge in [0.05, 0.1) is 19.8 Å². The maximum absolute atomic E-state index is 13.4. The summed E-state index contributed by atoms with van der Waals surface area (Å²) in [5, 5.41) is 9.35. The Hall–Kier alpha value is -2.66. The van der Waals surface area contributed by atoms with Crippen molar-refractivity contribution < 1.29 is 23.8 Å². The van der Waals surface area contributed by atoms with E-state index in [9.17, 15) is 14.3 Å². The lowest BCUT2D eigenvalue weighted by molar-refractivity contribution is -0.132. The zero-order valence-electron chi connectivity index (χ0n) is 17.0. The number of rotatable bonds is 7. The number of allylic oxidation sites excluding steroid dienone is 1. The summed E-state index contributed by atoms with van der Waals surface area (Å²) in [6.07, 6.45) is 1.27. The first kappa shape index (κ1) is 21.1. The van der Waals surface area contributed by atoms with Crippen molar-refractivity contribution in [3.63, 3.8) is 0 Å². The number of halogens is 1. The molecule has 1 fully saturated rings. The Labute approximate surface area is 171 Å². The zero-order valence-corrected chi connectivity index (χ0v) is 17.0. The fourth-order valence-electron chi connectivity index (χ4n) is 3.96. The molecule has 0 spiro atoms. The van der Waals surface area contributed by atoms with Crippen molar-refractivity contribution in [1.82, 2.24) is 0 Å². The Morgan fingerprint density at radius 2 is 1.79 bits per heavy atom. The van der Waals surface area contributed by atoms with Crippen LogP contribution in [0.3, 0.4) is 0 Å². The zero-order chi connectivity index (χ0) is 21.0. The monoisotopic (exact) mass is 398 g/mol. The van der Waals surface area contributed by atoms with Crippen molar-refractivity contribution in [3.8, 4) is 5.75 Å². The van der Waals surface area contributed by atoms with Crippen LogP contribution in [-0.2, 0) is 16.0 Å². The molecular weight excluding hydrogens is 371 g/mol. The summed E-state index contributed by atoms with van der Waals surface area (Å²) in [5.74, 6) is -0.0257. The molecule has 0 bridgehead atoms. The number of ether oxygens (including phenoxy) is 2. The summed E-state index contributed by atoms with van der Waals surface area (Å²) < 4.78 is 24.8. The summed E-state index contributed by atoms with van der Waals surface area (Å²) in [7, 11) is 1.64. The van der Waals surface area contributed by atoms with Crippen LogP contribution in [0.4, 0.5) is 4.39 Å². The van der Waals surface area contributed by atoms with Gasteiger partial charge < -0.3 is 14.6 Å². The summed E-state index contributed by atoms with van der Waals surface area (Å²) in [6, 6.07) is 14.4. The van der Waals surface area contributed by atoms with Gasteiger partial charge in [-0.15, -0.1) is 0 Å². The average molecular weight is 398 g/mol. The molecule has 1 heterocycles. The number of methoxy groups -OCH3 is 1. The van der Waals surface area contributed by atoms with Crippen molar-refractivity contribution in [2.75, 3.05) is 13.7 Å². The van der Waals surface area contributed by atoms with Crippen LogP contribution in [0.1, 0.15) is 37.5 Å². The first-order chi connectivity index (χ1) is 13.9. The number of hydrogen-bond donors (Lipinski definition) is 1. The topological polar surface area (TPSA) is 55.8 Å². The second-order valence-electron chi connectivity index (χ2n) is 7.70. The van der Waals surface area contributed by atoms with E-state index in [1.807, 2.05) is 31.2 Å². The lowest BCUT2D eigenvalue weighted by Crippen LogP contribution is -2.19. The quantitative estimate of drug-likeness (QED) is 0.652. The fraction of sp³-hybridized carbons (Fsp3) is 0.375. The smallest absolute Gasteiger partial charge is 0.331 e. The van der Waals surface area contributed by atoms with E-state index in [1.54, 1.807) is 26.2 Å². The number of carbonyl (C=O) groups is 1. The summed E-state index contributed by atoms with van der Waals surface area (Å²) in [4.78, 5) is 11.4. The van der Waals surface area contributed by atoms with Gasteiger partial charge in [0, 0.05) is 5.57 Å². The third-order valence-corrected chi connectivity index (χ3v) is 5.84. The maximum atomic E-state index is 13.4. The Bertz CT molecular complexity index is 871. The second-order valence-corrected chi connectivity index (χ2v) is 7.70. The molecule has 1 aliphatic rings. The highest BCUT2D eigenvalue weighted by atomic mass is 19.1. The summed E-state index contributed by atoms with van der Waals surface area (Å²) in [5.41, 5.74) is 3.33. The Kier molecular flexibility index (Phi) is 6.70. The molecule has 0 saturated carbocycles. The van der Waals surface area contributed by atoms with Gasteiger partial charge in [-0.3, -0.25) is 0 Å². The van der Waals surface area contributed by atoms with Crippen LogP contribution in [-0.4, -0.2) is 24.8 Å². The van der Waals surface area contributed by atoms with Gasteiger partial charge in [0.2, 0.25) is 0 Å². The molecule has 3 rings (SSSR count). The Morgan fingerprint density at radius 1 is 1.14 bits per heavy atom. The lowest BCUT2D eigenvalue weighted by Gasteiger charge is -2.24. The molecule has 29 heavy (non-hydrogen) atoms. The van der Waals surface area contributed by atoms with E-state index in [-0.39, 0.29) is 23.8 Å². The number of carboxylic acids is 1. The van der Waals surface area contributed by atoms with Crippen molar-refractivity contribution in [2.45, 2.75) is 32.8 Å². The van der Waals surface area contributed by atoms with Crippen LogP contribution in [0.2, 0.25) is 0 Å². The summed E-state index contributed by atoms with van der Waals surface area (Å²) in [6.45, 7) is 4.09. The molecule has 0 aliphatic carbocycles. The fourth-order valence-corrected chi connectivity index (χ4v) is 3.96. The van der Waals surface area contributed by atoms with Crippen LogP contribution in [0.5, 0.6) is 5.75 Å². The minimum absolute atomic E-state index is 0.108. The molecule has 1 N–H and O–H groups in total. The van der Waals surface area contributed by atoms with Gasteiger partial charge in [-0.25, -0.2) is 9.18 Å². The van der Waals surface area contributed by atoms with Gasteiger partial charge in [-0.05, 0) is 73.9 Å². The molecule has 3 atom stereocenters. The third-order valence-electron chi connectivity index (χ3n) is 5.84. The van der Waals surface area contributed by atoms with E-state index in [0.29, 0.717) is 18.6 Å². The molecule has 0 unspecified atom stereocenters. The molecule has 154 valence electrons. The largest absolute Gasteiger partial charge is 0.497 e. The van der Waals surface area contributed by atoms with Gasteiger partial charge in [-0.2, -0.15) is 0 Å². The highest BCUT2D eigenvalue weighted by molar-refractivity contribution is 5.86. The molecule has 5 heteroatoms. The first-order valence-electron chi connectivity index (χ1n) is 9.78. The van der Waals surface area contributed by atoms with Gasteiger partial charge in [0.25, 0.3) is 0 Å². The first-order valence-corrected chi connectivity index (χ1v) is 9.78. The second kappa shape index (κ2) is 9.23. The van der Waals surface area contributed by atoms with Gasteiger partial charge in [0.15, 0.2) is 0 Å². The number of hydrogen-bond acceptors (Lipinski definition) is 3. The predicted octanol–water partition coefficient (Wildman–Crippen LogP) is 5.19. The van der Waals surface area contributed by atoms with Gasteiger partial charge >= 0.3 is 5.97 Å². The number of aliphatic carboxylic acids is 1. The van der Waals surface area contributed by atoms with Crippen LogP contribution in [0, 0.1) is 17.7 Å². The van der Waals surface area contributed by atoms with Crippen molar-refractivity contribution in [2.24, 2.45) is 11.8 Å². The molecule has 1 saturated heterocycles. The van der Waals surface area contributed by atoms with E-state index >= 15 is 0 Å². The molecule has 0 amide bonds. The molecule has 4 nitrogen and oxygen atoms in total. The van der Waals surface area contributed by atoms with Gasteiger partial charge in [0.1, 0.15) is 11.6 Å². The molecule has 0 aromatic heterocycles. The van der Waals surface area contributed by atoms with E-state index < -0.39 is 5.97 Å². The summed E-state index contributed by atoms with van der Waals surface area (Å²) >= 11 is 0. The molecule has 2 aromatic rings. The van der Waals surface area contributed by atoms with E-state index in [1.165, 1.54) is 17.7 Å². The standard InChI is InChI=1S/C24H27FO4/c1-15(16(2)24(26)27)12-22-19(13-17-4-10-21(28-3)11-5-17)14-29-23(22)18-6-8-20(25)9-7-18/h4-11,19,22-23H,12-14H2,1-3H3,(H,26,27)/t19-,22+,23+/m0/s1. The molecule has 2 aromatic carbocycles. The highest BCUT2D eigenvalue weighted by Gasteiger charge is 2.38. The normalized spacial score (nSPS) is 22.3. The van der Waals surface area contributed by atoms with Crippen molar-refractivity contribution >= 4 is 5.97 Å². The molecule has 1 aliphatic heterocycles. The minimum Gasteiger partial charge on any atom is -0.497 e. The van der Waals surface area contributed by atoms with Crippen molar-refractivity contribution in [1.29, 1.82) is 0 Å². The maximum Gasteiger partial charge on any atom is 0.331 e. The Morgan fingerprint density at radius 3 is 2.38 bits per heavy atom. The van der Waals surface area contributed by atoms with Crippen LogP contribution < -0.4 is 4.74 Å². The average Bonchev–Trinajstić information content (AvgIpc) is 3.10. The third kappa shape index (κ3) is 5.04. The van der Waals surface area contributed by atoms with Gasteiger partial charge in [-0.1, -0.05) is 29.8 Å². The highest BCUT2D eigenvalue weighted by Crippen LogP contribution is 2.43. The molecular formula is C24H27FO4. The van der Waals surface area contributed by atoms with Crippen LogP contribution in [0.25, 0.3) is 0 Å².